The highest BCUT2D eigenvalue weighted by atomic mass is 16.5. The van der Waals surface area contributed by atoms with Gasteiger partial charge in [-0.3, -0.25) is 19.6 Å². The minimum atomic E-state index is -1.01. The molecule has 3 N–H and O–H groups in total. The van der Waals surface area contributed by atoms with E-state index in [9.17, 15) is 14.4 Å². The lowest BCUT2D eigenvalue weighted by Crippen LogP contribution is -2.37. The highest BCUT2D eigenvalue weighted by Gasteiger charge is 2.29. The Morgan fingerprint density at radius 3 is 2.29 bits per heavy atom. The molecule has 0 bridgehead atoms. The Labute approximate surface area is 196 Å². The van der Waals surface area contributed by atoms with Gasteiger partial charge in [0.2, 0.25) is 0 Å². The maximum absolute atomic E-state index is 12.8. The molecule has 0 saturated heterocycles. The van der Waals surface area contributed by atoms with E-state index in [1.807, 2.05) is 36.4 Å². The molecular weight excluding hydrogens is 436 g/mol. The standard InChI is InChI=1S/C25H26N4O5/c1-3-15(12-22(30)31)27-24(32)23-21(13-26-29(23)2)28-25(33)34-14-20-18-10-6-4-8-16(18)17-9-5-7-11-19(17)20/h4-11,13,15,20H,3,12,14H2,1-2H3,(H,27,32)(H,28,33)(H,30,31)/t15-/m1/s1. The van der Waals surface area contributed by atoms with Crippen LogP contribution in [0.25, 0.3) is 11.1 Å². The molecule has 0 radical (unpaired) electrons. The molecule has 9 nitrogen and oxygen atoms in total. The van der Waals surface area contributed by atoms with Gasteiger partial charge >= 0.3 is 12.1 Å². The van der Waals surface area contributed by atoms with Crippen molar-refractivity contribution in [1.29, 1.82) is 0 Å². The van der Waals surface area contributed by atoms with Crippen molar-refractivity contribution in [3.05, 3.63) is 71.5 Å². The van der Waals surface area contributed by atoms with Crippen molar-refractivity contribution in [1.82, 2.24) is 15.1 Å². The fourth-order valence-corrected chi connectivity index (χ4v) is 4.30. The summed E-state index contributed by atoms with van der Waals surface area (Å²) in [6.45, 7) is 1.92. The van der Waals surface area contributed by atoms with Gasteiger partial charge < -0.3 is 15.2 Å². The van der Waals surface area contributed by atoms with Gasteiger partial charge in [0.1, 0.15) is 12.3 Å². The van der Waals surface area contributed by atoms with Crippen LogP contribution in [0.1, 0.15) is 47.3 Å². The van der Waals surface area contributed by atoms with Crippen LogP contribution in [0.4, 0.5) is 10.5 Å². The zero-order valence-electron chi connectivity index (χ0n) is 18.9. The van der Waals surface area contributed by atoms with Gasteiger partial charge in [-0.2, -0.15) is 5.10 Å². The van der Waals surface area contributed by atoms with Crippen LogP contribution >= 0.6 is 0 Å². The number of carbonyl (C=O) groups excluding carboxylic acids is 2. The highest BCUT2D eigenvalue weighted by molar-refractivity contribution is 6.01. The molecule has 0 saturated carbocycles. The third-order valence-corrected chi connectivity index (χ3v) is 5.98. The maximum atomic E-state index is 12.8. The number of ether oxygens (including phenoxy) is 1. The van der Waals surface area contributed by atoms with Crippen LogP contribution in [0.3, 0.4) is 0 Å². The van der Waals surface area contributed by atoms with E-state index in [0.29, 0.717) is 6.42 Å². The predicted octanol–water partition coefficient (Wildman–Crippen LogP) is 3.76. The van der Waals surface area contributed by atoms with E-state index in [2.05, 4.69) is 27.9 Å². The van der Waals surface area contributed by atoms with Crippen LogP contribution in [0, 0.1) is 0 Å². The van der Waals surface area contributed by atoms with Gasteiger partial charge in [0.15, 0.2) is 0 Å². The van der Waals surface area contributed by atoms with Crippen LogP contribution < -0.4 is 10.6 Å². The number of hydrogen-bond acceptors (Lipinski definition) is 5. The van der Waals surface area contributed by atoms with Gasteiger partial charge in [0, 0.05) is 19.0 Å². The molecule has 0 fully saturated rings. The molecule has 1 heterocycles. The van der Waals surface area contributed by atoms with Gasteiger partial charge in [-0.1, -0.05) is 55.5 Å². The van der Waals surface area contributed by atoms with Crippen molar-refractivity contribution < 1.29 is 24.2 Å². The van der Waals surface area contributed by atoms with Crippen LogP contribution in [0.2, 0.25) is 0 Å². The second-order valence-corrected chi connectivity index (χ2v) is 8.16. The molecule has 34 heavy (non-hydrogen) atoms. The van der Waals surface area contributed by atoms with Gasteiger partial charge in [0.05, 0.1) is 18.3 Å². The average Bonchev–Trinajstić information content (AvgIpc) is 3.34. The molecular formula is C25H26N4O5. The normalized spacial score (nSPS) is 13.0. The Hall–Kier alpha value is -4.14. The molecule has 1 aromatic heterocycles. The summed E-state index contributed by atoms with van der Waals surface area (Å²) >= 11 is 0. The van der Waals surface area contributed by atoms with Crippen molar-refractivity contribution >= 4 is 23.7 Å². The number of hydrogen-bond donors (Lipinski definition) is 3. The van der Waals surface area contributed by atoms with E-state index >= 15 is 0 Å². The smallest absolute Gasteiger partial charge is 0.411 e. The second-order valence-electron chi connectivity index (χ2n) is 8.16. The van der Waals surface area contributed by atoms with Gasteiger partial charge in [-0.25, -0.2) is 4.79 Å². The van der Waals surface area contributed by atoms with Gasteiger partial charge in [-0.05, 0) is 28.7 Å². The van der Waals surface area contributed by atoms with E-state index < -0.39 is 24.0 Å². The first-order valence-corrected chi connectivity index (χ1v) is 11.1. The SMILES string of the molecule is CC[C@H](CC(=O)O)NC(=O)c1c(NC(=O)OCC2c3ccccc3-c3ccccc32)cnn1C. The Bertz CT molecular complexity index is 1190. The summed E-state index contributed by atoms with van der Waals surface area (Å²) in [6.07, 6.45) is 0.899. The molecule has 176 valence electrons. The van der Waals surface area contributed by atoms with E-state index in [-0.39, 0.29) is 30.3 Å². The number of rotatable bonds is 8. The molecule has 0 unspecified atom stereocenters. The quantitative estimate of drug-likeness (QED) is 0.468. The molecule has 0 aliphatic heterocycles. The maximum Gasteiger partial charge on any atom is 0.411 e. The molecule has 4 rings (SSSR count). The average molecular weight is 463 g/mol. The number of benzene rings is 2. The summed E-state index contributed by atoms with van der Waals surface area (Å²) in [6, 6.07) is 15.5. The van der Waals surface area contributed by atoms with E-state index in [4.69, 9.17) is 9.84 Å². The van der Waals surface area contributed by atoms with Gasteiger partial charge in [-0.15, -0.1) is 0 Å². The Kier molecular flexibility index (Phi) is 6.62. The first-order chi connectivity index (χ1) is 16.4. The molecule has 2 amide bonds. The summed E-state index contributed by atoms with van der Waals surface area (Å²) in [5, 5.41) is 18.3. The molecule has 9 heteroatoms. The number of anilines is 1. The van der Waals surface area contributed by atoms with E-state index in [0.717, 1.165) is 22.3 Å². The fraction of sp³-hybridized carbons (Fsp3) is 0.280. The number of nitrogens with one attached hydrogen (secondary N) is 2. The van der Waals surface area contributed by atoms with E-state index in [1.165, 1.54) is 10.9 Å². The fourth-order valence-electron chi connectivity index (χ4n) is 4.30. The lowest BCUT2D eigenvalue weighted by Gasteiger charge is -2.16. The zero-order chi connectivity index (χ0) is 24.2. The number of carboxylic acid groups (broad SMARTS) is 1. The monoisotopic (exact) mass is 462 g/mol. The lowest BCUT2D eigenvalue weighted by atomic mass is 9.98. The molecule has 1 aliphatic carbocycles. The van der Waals surface area contributed by atoms with Gasteiger partial charge in [0.25, 0.3) is 5.91 Å². The molecule has 1 aliphatic rings. The molecule has 0 spiro atoms. The summed E-state index contributed by atoms with van der Waals surface area (Å²) in [5.41, 5.74) is 4.75. The number of aliphatic carboxylic acids is 1. The number of carboxylic acids is 1. The molecule has 2 aromatic carbocycles. The molecule has 1 atom stereocenters. The zero-order valence-corrected chi connectivity index (χ0v) is 18.9. The number of amides is 2. The highest BCUT2D eigenvalue weighted by Crippen LogP contribution is 2.44. The Morgan fingerprint density at radius 1 is 1.09 bits per heavy atom. The first-order valence-electron chi connectivity index (χ1n) is 11.1. The molecule has 3 aromatic rings. The van der Waals surface area contributed by atoms with Crippen molar-refractivity contribution in [3.63, 3.8) is 0 Å². The lowest BCUT2D eigenvalue weighted by molar-refractivity contribution is -0.137. The summed E-state index contributed by atoms with van der Waals surface area (Å²) in [5.74, 6) is -1.62. The number of aryl methyl sites for hydroxylation is 1. The summed E-state index contributed by atoms with van der Waals surface area (Å²) < 4.78 is 6.87. The van der Waals surface area contributed by atoms with Crippen molar-refractivity contribution in [2.45, 2.75) is 31.7 Å². The Balaban J connectivity index is 1.44. The number of carbonyl (C=O) groups is 3. The van der Waals surface area contributed by atoms with E-state index in [1.54, 1.807) is 14.0 Å². The second kappa shape index (κ2) is 9.78. The van der Waals surface area contributed by atoms with Crippen LogP contribution in [0.15, 0.2) is 54.7 Å². The van der Waals surface area contributed by atoms with Crippen molar-refractivity contribution in [2.24, 2.45) is 7.05 Å². The van der Waals surface area contributed by atoms with Crippen molar-refractivity contribution in [3.8, 4) is 11.1 Å². The summed E-state index contributed by atoms with van der Waals surface area (Å²) in [4.78, 5) is 36.4. The largest absolute Gasteiger partial charge is 0.481 e. The van der Waals surface area contributed by atoms with Crippen LogP contribution in [-0.4, -0.2) is 45.5 Å². The summed E-state index contributed by atoms with van der Waals surface area (Å²) in [7, 11) is 1.57. The van der Waals surface area contributed by atoms with Crippen LogP contribution in [-0.2, 0) is 16.6 Å². The third kappa shape index (κ3) is 4.63. The minimum Gasteiger partial charge on any atom is -0.481 e. The Morgan fingerprint density at radius 2 is 1.71 bits per heavy atom. The number of fused-ring (bicyclic) bond motifs is 3. The minimum absolute atomic E-state index is 0.0869. The van der Waals surface area contributed by atoms with Crippen LogP contribution in [0.5, 0.6) is 0 Å². The third-order valence-electron chi connectivity index (χ3n) is 5.98. The number of aromatic nitrogens is 2. The first kappa shape index (κ1) is 23.0. The number of nitrogens with zero attached hydrogens (tertiary/aromatic N) is 2. The topological polar surface area (TPSA) is 123 Å². The predicted molar refractivity (Wildman–Crippen MR) is 126 cm³/mol. The van der Waals surface area contributed by atoms with Crippen molar-refractivity contribution in [2.75, 3.05) is 11.9 Å².